The van der Waals surface area contributed by atoms with Gasteiger partial charge in [0.05, 0.1) is 0 Å². The zero-order valence-electron chi connectivity index (χ0n) is 12.8. The van der Waals surface area contributed by atoms with Crippen molar-refractivity contribution in [1.29, 1.82) is 0 Å². The largest absolute Gasteiger partial charge is 0.382 e. The minimum Gasteiger partial charge on any atom is -0.382 e. The van der Waals surface area contributed by atoms with E-state index in [2.05, 4.69) is 32.9 Å². The molecule has 1 atom stereocenters. The first-order valence-corrected chi connectivity index (χ1v) is 7.92. The quantitative estimate of drug-likeness (QED) is 0.742. The summed E-state index contributed by atoms with van der Waals surface area (Å²) in [6, 6.07) is 0.556. The fourth-order valence-corrected chi connectivity index (χ4v) is 2.81. The van der Waals surface area contributed by atoms with Gasteiger partial charge < -0.3 is 19.5 Å². The third-order valence-electron chi connectivity index (χ3n) is 3.94. The van der Waals surface area contributed by atoms with Crippen molar-refractivity contribution in [2.75, 3.05) is 44.7 Å². The number of rotatable bonds is 8. The highest BCUT2D eigenvalue weighted by Crippen LogP contribution is 2.24. The highest BCUT2D eigenvalue weighted by Gasteiger charge is 2.21. The zero-order valence-corrected chi connectivity index (χ0v) is 12.8. The van der Waals surface area contributed by atoms with Crippen LogP contribution < -0.4 is 5.32 Å². The molecule has 2 heterocycles. The van der Waals surface area contributed by atoms with Gasteiger partial charge in [0.1, 0.15) is 0 Å². The molecule has 1 unspecified atom stereocenters. The number of ether oxygens (including phenoxy) is 1. The number of likely N-dealkylation sites (N-methyl/N-ethyl adjacent to an activating group) is 1. The molecule has 1 aromatic rings. The molecule has 0 aliphatic carbocycles. The van der Waals surface area contributed by atoms with Gasteiger partial charge in [-0.25, -0.2) is 4.98 Å². The SMILES string of the molecule is CCOCCCNc1nccn1C1CCCN(CC)C1. The lowest BCUT2D eigenvalue weighted by Crippen LogP contribution is -2.36. The molecule has 1 fully saturated rings. The van der Waals surface area contributed by atoms with Gasteiger partial charge in [-0.05, 0) is 39.3 Å². The molecule has 5 nitrogen and oxygen atoms in total. The Bertz CT molecular complexity index is 380. The summed E-state index contributed by atoms with van der Waals surface area (Å²) in [6.45, 7) is 10.3. The van der Waals surface area contributed by atoms with E-state index in [1.54, 1.807) is 0 Å². The molecule has 1 saturated heterocycles. The molecule has 2 rings (SSSR count). The Morgan fingerprint density at radius 3 is 3.15 bits per heavy atom. The number of aromatic nitrogens is 2. The number of hydrogen-bond acceptors (Lipinski definition) is 4. The van der Waals surface area contributed by atoms with E-state index in [1.165, 1.54) is 19.4 Å². The van der Waals surface area contributed by atoms with Crippen LogP contribution in [0, 0.1) is 0 Å². The van der Waals surface area contributed by atoms with Crippen LogP contribution in [0.3, 0.4) is 0 Å². The molecular formula is C15H28N4O. The van der Waals surface area contributed by atoms with Crippen molar-refractivity contribution < 1.29 is 4.74 Å². The zero-order chi connectivity index (χ0) is 14.2. The van der Waals surface area contributed by atoms with Crippen molar-refractivity contribution in [2.45, 2.75) is 39.2 Å². The van der Waals surface area contributed by atoms with Crippen LogP contribution in [0.1, 0.15) is 39.2 Å². The highest BCUT2D eigenvalue weighted by molar-refractivity contribution is 5.26. The van der Waals surface area contributed by atoms with Gasteiger partial charge in [0.15, 0.2) is 0 Å². The average Bonchev–Trinajstić information content (AvgIpc) is 2.95. The Labute approximate surface area is 122 Å². The van der Waals surface area contributed by atoms with Crippen LogP contribution in [-0.4, -0.2) is 53.8 Å². The van der Waals surface area contributed by atoms with Crippen molar-refractivity contribution in [3.63, 3.8) is 0 Å². The number of nitrogens with one attached hydrogen (secondary N) is 1. The second-order valence-corrected chi connectivity index (χ2v) is 5.32. The first kappa shape index (κ1) is 15.3. The fourth-order valence-electron chi connectivity index (χ4n) is 2.81. The maximum absolute atomic E-state index is 5.35. The highest BCUT2D eigenvalue weighted by atomic mass is 16.5. The summed E-state index contributed by atoms with van der Waals surface area (Å²) in [5, 5.41) is 3.44. The van der Waals surface area contributed by atoms with E-state index in [0.29, 0.717) is 6.04 Å². The van der Waals surface area contributed by atoms with E-state index in [4.69, 9.17) is 4.74 Å². The minimum absolute atomic E-state index is 0.556. The molecule has 0 spiro atoms. The summed E-state index contributed by atoms with van der Waals surface area (Å²) in [7, 11) is 0. The number of piperidine rings is 1. The number of imidazole rings is 1. The van der Waals surface area contributed by atoms with E-state index < -0.39 is 0 Å². The molecule has 1 aromatic heterocycles. The average molecular weight is 280 g/mol. The maximum Gasteiger partial charge on any atom is 0.203 e. The molecule has 0 amide bonds. The minimum atomic E-state index is 0.556. The molecule has 20 heavy (non-hydrogen) atoms. The number of nitrogens with zero attached hydrogens (tertiary/aromatic N) is 3. The number of hydrogen-bond donors (Lipinski definition) is 1. The van der Waals surface area contributed by atoms with Crippen molar-refractivity contribution in [3.8, 4) is 0 Å². The molecule has 1 aliphatic heterocycles. The van der Waals surface area contributed by atoms with Gasteiger partial charge in [-0.15, -0.1) is 0 Å². The van der Waals surface area contributed by atoms with Gasteiger partial charge in [-0.1, -0.05) is 6.92 Å². The lowest BCUT2D eigenvalue weighted by Gasteiger charge is -2.33. The van der Waals surface area contributed by atoms with Crippen LogP contribution in [0.5, 0.6) is 0 Å². The third-order valence-corrected chi connectivity index (χ3v) is 3.94. The molecule has 0 radical (unpaired) electrons. The fraction of sp³-hybridized carbons (Fsp3) is 0.800. The van der Waals surface area contributed by atoms with E-state index in [-0.39, 0.29) is 0 Å². The van der Waals surface area contributed by atoms with Crippen molar-refractivity contribution in [3.05, 3.63) is 12.4 Å². The van der Waals surface area contributed by atoms with E-state index in [9.17, 15) is 0 Å². The monoisotopic (exact) mass is 280 g/mol. The predicted octanol–water partition coefficient (Wildman–Crippen LogP) is 2.38. The molecule has 1 aliphatic rings. The van der Waals surface area contributed by atoms with Crippen LogP contribution in [0.15, 0.2) is 12.4 Å². The Kier molecular flexibility index (Phi) is 6.33. The Morgan fingerprint density at radius 1 is 1.45 bits per heavy atom. The summed E-state index contributed by atoms with van der Waals surface area (Å²) in [6.07, 6.45) is 7.55. The summed E-state index contributed by atoms with van der Waals surface area (Å²) in [5.41, 5.74) is 0. The topological polar surface area (TPSA) is 42.3 Å². The first-order chi connectivity index (χ1) is 9.85. The van der Waals surface area contributed by atoms with Crippen molar-refractivity contribution in [2.24, 2.45) is 0 Å². The van der Waals surface area contributed by atoms with Gasteiger partial charge in [0.2, 0.25) is 5.95 Å². The second kappa shape index (κ2) is 8.27. The van der Waals surface area contributed by atoms with Crippen LogP contribution in [0.4, 0.5) is 5.95 Å². The van der Waals surface area contributed by atoms with Crippen molar-refractivity contribution >= 4 is 5.95 Å². The molecule has 5 heteroatoms. The lowest BCUT2D eigenvalue weighted by atomic mass is 10.1. The summed E-state index contributed by atoms with van der Waals surface area (Å²) < 4.78 is 7.66. The third kappa shape index (κ3) is 4.21. The smallest absolute Gasteiger partial charge is 0.203 e. The van der Waals surface area contributed by atoms with E-state index >= 15 is 0 Å². The second-order valence-electron chi connectivity index (χ2n) is 5.32. The molecule has 114 valence electrons. The summed E-state index contributed by atoms with van der Waals surface area (Å²) in [4.78, 5) is 6.97. The van der Waals surface area contributed by atoms with Gasteiger partial charge in [0, 0.05) is 44.7 Å². The molecule has 0 bridgehead atoms. The Balaban J connectivity index is 1.84. The predicted molar refractivity (Wildman–Crippen MR) is 82.2 cm³/mol. The standard InChI is InChI=1S/C15H28N4O/c1-3-18-10-5-7-14(13-18)19-11-9-17-15(19)16-8-6-12-20-4-2/h9,11,14H,3-8,10,12-13H2,1-2H3,(H,16,17). The molecule has 1 N–H and O–H groups in total. The normalized spacial score (nSPS) is 20.2. The van der Waals surface area contributed by atoms with Gasteiger partial charge >= 0.3 is 0 Å². The van der Waals surface area contributed by atoms with Crippen molar-refractivity contribution in [1.82, 2.24) is 14.5 Å². The van der Waals surface area contributed by atoms with Crippen LogP contribution in [-0.2, 0) is 4.74 Å². The van der Waals surface area contributed by atoms with E-state index in [0.717, 1.165) is 45.2 Å². The van der Waals surface area contributed by atoms with Gasteiger partial charge in [0.25, 0.3) is 0 Å². The lowest BCUT2D eigenvalue weighted by molar-refractivity contribution is 0.147. The maximum atomic E-state index is 5.35. The summed E-state index contributed by atoms with van der Waals surface area (Å²) in [5.74, 6) is 1.00. The Morgan fingerprint density at radius 2 is 2.35 bits per heavy atom. The van der Waals surface area contributed by atoms with Gasteiger partial charge in [-0.2, -0.15) is 0 Å². The number of anilines is 1. The molecule has 0 saturated carbocycles. The van der Waals surface area contributed by atoms with Crippen LogP contribution in [0.2, 0.25) is 0 Å². The summed E-state index contributed by atoms with van der Waals surface area (Å²) >= 11 is 0. The Hall–Kier alpha value is -1.07. The van der Waals surface area contributed by atoms with Crippen LogP contribution in [0.25, 0.3) is 0 Å². The number of likely N-dealkylation sites (tertiary alicyclic amines) is 1. The first-order valence-electron chi connectivity index (χ1n) is 7.92. The molecule has 0 aromatic carbocycles. The molecular weight excluding hydrogens is 252 g/mol. The van der Waals surface area contributed by atoms with E-state index in [1.807, 2.05) is 13.1 Å². The van der Waals surface area contributed by atoms with Crippen LogP contribution >= 0.6 is 0 Å². The van der Waals surface area contributed by atoms with Gasteiger partial charge in [-0.3, -0.25) is 0 Å².